The molecule has 2 saturated heterocycles. The van der Waals surface area contributed by atoms with Crippen molar-refractivity contribution in [1.29, 1.82) is 0 Å². The minimum Gasteiger partial charge on any atom is -0.494 e. The van der Waals surface area contributed by atoms with Gasteiger partial charge in [-0.1, -0.05) is 73.6 Å². The van der Waals surface area contributed by atoms with Crippen LogP contribution < -0.4 is 41.4 Å². The molecule has 2 fully saturated rings. The summed E-state index contributed by atoms with van der Waals surface area (Å²) in [7, 11) is 4.34. The Morgan fingerprint density at radius 1 is 0.584 bits per heavy atom. The van der Waals surface area contributed by atoms with E-state index < -0.39 is 18.4 Å². The van der Waals surface area contributed by atoms with Gasteiger partial charge >= 0.3 is 0 Å². The van der Waals surface area contributed by atoms with Crippen LogP contribution in [0, 0.1) is 0 Å². The van der Waals surface area contributed by atoms with Gasteiger partial charge in [-0.15, -0.1) is 0 Å². The van der Waals surface area contributed by atoms with Crippen molar-refractivity contribution in [2.45, 2.75) is 124 Å². The number of ether oxygens (including phenoxy) is 2. The third kappa shape index (κ3) is 20.0. The van der Waals surface area contributed by atoms with Crippen molar-refractivity contribution in [1.82, 2.24) is 45.1 Å². The number of amides is 5. The molecule has 101 heavy (non-hydrogen) atoms. The number of H-pyrrole nitrogens is 1. The van der Waals surface area contributed by atoms with E-state index in [2.05, 4.69) is 158 Å². The molecule has 5 amide bonds. The molecule has 22 heteroatoms. The van der Waals surface area contributed by atoms with Gasteiger partial charge in [-0.25, -0.2) is 4.98 Å². The number of imidazole rings is 1. The molecule has 10 rings (SSSR count). The van der Waals surface area contributed by atoms with E-state index in [4.69, 9.17) is 35.9 Å². The number of anilines is 2. The maximum absolute atomic E-state index is 14.0. The highest BCUT2D eigenvalue weighted by molar-refractivity contribution is 6.10. The average Bonchev–Trinajstić information content (AvgIpc) is 1.63. The molecule has 22 nitrogen and oxygen atoms in total. The first-order chi connectivity index (χ1) is 48.4. The lowest BCUT2D eigenvalue weighted by Gasteiger charge is -2.34. The van der Waals surface area contributed by atoms with Crippen molar-refractivity contribution in [3.05, 3.63) is 136 Å². The van der Waals surface area contributed by atoms with E-state index in [0.29, 0.717) is 76.9 Å². The predicted molar refractivity (Wildman–Crippen MR) is 404 cm³/mol. The van der Waals surface area contributed by atoms with Crippen LogP contribution in [0.15, 0.2) is 113 Å². The van der Waals surface area contributed by atoms with E-state index in [0.717, 1.165) is 138 Å². The molecular formula is C79H107N15O7. The summed E-state index contributed by atoms with van der Waals surface area (Å²) >= 11 is 0. The number of primary amides is 1. The molecule has 0 saturated carbocycles. The van der Waals surface area contributed by atoms with Gasteiger partial charge in [0.2, 0.25) is 29.5 Å². The zero-order chi connectivity index (χ0) is 72.0. The van der Waals surface area contributed by atoms with Gasteiger partial charge in [0, 0.05) is 144 Å². The van der Waals surface area contributed by atoms with E-state index in [1.165, 1.54) is 31.6 Å². The highest BCUT2D eigenvalue weighted by Gasteiger charge is 2.31. The fourth-order valence-corrected chi connectivity index (χ4v) is 13.4. The van der Waals surface area contributed by atoms with Crippen LogP contribution in [-0.2, 0) is 47.6 Å². The highest BCUT2D eigenvalue weighted by Crippen LogP contribution is 2.43. The average molecular weight is 1380 g/mol. The Morgan fingerprint density at radius 3 is 1.77 bits per heavy atom. The highest BCUT2D eigenvalue weighted by atomic mass is 16.5. The quantitative estimate of drug-likeness (QED) is 0.0247. The van der Waals surface area contributed by atoms with Gasteiger partial charge in [0.05, 0.1) is 73.2 Å². The van der Waals surface area contributed by atoms with Crippen LogP contribution >= 0.6 is 0 Å². The molecule has 4 aliphatic rings. The van der Waals surface area contributed by atoms with Gasteiger partial charge in [-0.3, -0.25) is 34.0 Å². The minimum absolute atomic E-state index is 0.0813. The summed E-state index contributed by atoms with van der Waals surface area (Å²) in [4.78, 5) is 99.4. The zero-order valence-corrected chi connectivity index (χ0v) is 61.3. The molecule has 1 aromatic heterocycles. The van der Waals surface area contributed by atoms with Gasteiger partial charge in [0.15, 0.2) is 0 Å². The summed E-state index contributed by atoms with van der Waals surface area (Å²) in [5.41, 5.74) is 27.9. The Labute approximate surface area is 596 Å². The summed E-state index contributed by atoms with van der Waals surface area (Å²) in [6.45, 7) is 26.3. The van der Waals surface area contributed by atoms with Crippen molar-refractivity contribution in [3.8, 4) is 22.9 Å². The SMILES string of the molecule is CCCN(CC(=O)N(CCC)CC(=O)N(CC(N)=O)C/C(N)=C/NCCCNC(=O)CCCOc1c(C(C)(C)C)cc(-c2nc3ccc(N4CCN(C)CC4)cc3[nH]2)cc1C(C)(C)C)C(=O)CCCOc1cccc(C2=Nc3ccc(C4=Nc5ccc(N6CCN(C)CC6)cc5C4)cc3C2)c1. The van der Waals surface area contributed by atoms with Crippen molar-refractivity contribution in [2.24, 2.45) is 21.5 Å². The van der Waals surface area contributed by atoms with Gasteiger partial charge in [0.25, 0.3) is 0 Å². The Bertz CT molecular complexity index is 3980. The second-order valence-electron chi connectivity index (χ2n) is 29.6. The fourth-order valence-electron chi connectivity index (χ4n) is 13.4. The van der Waals surface area contributed by atoms with Gasteiger partial charge in [-0.05, 0) is 152 Å². The number of nitrogens with one attached hydrogen (secondary N) is 3. The van der Waals surface area contributed by atoms with Crippen molar-refractivity contribution >= 4 is 74.7 Å². The molecule has 5 aromatic carbocycles. The second kappa shape index (κ2) is 33.9. The zero-order valence-electron chi connectivity index (χ0n) is 61.3. The topological polar surface area (TPSA) is 256 Å². The van der Waals surface area contributed by atoms with Crippen LogP contribution in [0.5, 0.6) is 11.5 Å². The Balaban J connectivity index is 0.632. The van der Waals surface area contributed by atoms with E-state index in [1.54, 1.807) is 6.20 Å². The number of hydrogen-bond acceptors (Lipinski definition) is 16. The standard InChI is InChI=1S/C79H107N15O7/c1-11-29-92(73(97)20-15-39-100-62-18-13-17-54(43-62)68-46-56-41-55(21-24-65(56)84-68)69-47-57-42-60(22-25-66(57)85-69)90-35-31-88(9)32-36-90)52-74(98)93(30-12-2)53-75(99)94(51-71(81)95)50-59(80)49-82-27-16-28-83-72(96)19-14-40-101-76-63(78(3,4)5)44-58(45-64(76)79(6,7)8)77-86-67-26-23-61(48-70(67)87-77)91-37-33-89(10)34-38-91/h13,17-18,21-26,41-45,48-49,82H,11-12,14-16,19-20,27-40,46-47,50-53,80H2,1-10H3,(H2,81,95)(H,83,96)(H,86,87)/b59-49-. The van der Waals surface area contributed by atoms with Gasteiger partial charge in [-0.2, -0.15) is 0 Å². The first-order valence-corrected chi connectivity index (χ1v) is 36.3. The summed E-state index contributed by atoms with van der Waals surface area (Å²) < 4.78 is 12.8. The molecule has 0 aliphatic carbocycles. The maximum Gasteiger partial charge on any atom is 0.243 e. The number of rotatable bonds is 32. The molecule has 0 radical (unpaired) electrons. The number of carbonyl (C=O) groups is 5. The fraction of sp³-hybridized carbons (Fsp3) is 0.494. The van der Waals surface area contributed by atoms with Crippen LogP contribution in [0.2, 0.25) is 0 Å². The summed E-state index contributed by atoms with van der Waals surface area (Å²) in [5.74, 6) is 0.425. The number of aliphatic imine (C=N–C) groups is 2. The van der Waals surface area contributed by atoms with Crippen LogP contribution in [0.3, 0.4) is 0 Å². The summed E-state index contributed by atoms with van der Waals surface area (Å²) in [6.07, 6.45) is 6.23. The molecular weight excluding hydrogens is 1270 g/mol. The van der Waals surface area contributed by atoms with E-state index in [1.807, 2.05) is 38.1 Å². The van der Waals surface area contributed by atoms with Crippen LogP contribution in [0.4, 0.5) is 22.7 Å². The number of aromatic nitrogens is 2. The molecule has 0 unspecified atom stereocenters. The third-order valence-corrected chi connectivity index (χ3v) is 19.2. The number of fused-ring (bicyclic) bond motifs is 3. The number of nitrogens with two attached hydrogens (primary N) is 2. The molecule has 0 spiro atoms. The van der Waals surface area contributed by atoms with Crippen LogP contribution in [0.1, 0.15) is 134 Å². The van der Waals surface area contributed by atoms with Crippen LogP contribution in [0.25, 0.3) is 22.4 Å². The molecule has 5 heterocycles. The number of benzene rings is 5. The first kappa shape index (κ1) is 74.4. The molecule has 0 bridgehead atoms. The maximum atomic E-state index is 14.0. The van der Waals surface area contributed by atoms with Gasteiger partial charge in [0.1, 0.15) is 17.3 Å². The monoisotopic (exact) mass is 1380 g/mol. The predicted octanol–water partition coefficient (Wildman–Crippen LogP) is 9.39. The Morgan fingerprint density at radius 2 is 1.15 bits per heavy atom. The lowest BCUT2D eigenvalue weighted by atomic mass is 9.78. The van der Waals surface area contributed by atoms with Crippen molar-refractivity contribution in [3.63, 3.8) is 0 Å². The summed E-state index contributed by atoms with van der Waals surface area (Å²) in [6, 6.07) is 31.9. The van der Waals surface area contributed by atoms with Gasteiger partial charge < -0.3 is 70.9 Å². The third-order valence-electron chi connectivity index (χ3n) is 19.2. The second-order valence-corrected chi connectivity index (χ2v) is 29.6. The lowest BCUT2D eigenvalue weighted by Crippen LogP contribution is -2.49. The normalized spacial score (nSPS) is 15.0. The number of carbonyl (C=O) groups excluding carboxylic acids is 5. The number of aromatic amines is 1. The van der Waals surface area contributed by atoms with E-state index >= 15 is 0 Å². The van der Waals surface area contributed by atoms with Crippen LogP contribution in [-0.4, -0.2) is 207 Å². The van der Waals surface area contributed by atoms with Crippen molar-refractivity contribution < 1.29 is 33.4 Å². The Hall–Kier alpha value is -9.28. The molecule has 4 aliphatic heterocycles. The van der Waals surface area contributed by atoms with Crippen molar-refractivity contribution in [2.75, 3.05) is 142 Å². The smallest absolute Gasteiger partial charge is 0.243 e. The molecule has 540 valence electrons. The molecule has 0 atom stereocenters. The Kier molecular flexibility index (Phi) is 25.0. The molecule has 7 N–H and O–H groups in total. The molecule has 6 aromatic rings. The van der Waals surface area contributed by atoms with E-state index in [9.17, 15) is 24.0 Å². The largest absolute Gasteiger partial charge is 0.494 e. The number of nitrogens with zero attached hydrogens (tertiary/aromatic N) is 10. The number of likely N-dealkylation sites (N-methyl/N-ethyl adjacent to an activating group) is 2. The first-order valence-electron chi connectivity index (χ1n) is 36.3. The summed E-state index contributed by atoms with van der Waals surface area (Å²) in [5, 5.41) is 6.14. The van der Waals surface area contributed by atoms with E-state index in [-0.39, 0.29) is 73.5 Å². The number of hydrogen-bond donors (Lipinski definition) is 5. The lowest BCUT2D eigenvalue weighted by molar-refractivity contribution is -0.144. The number of piperazine rings is 2. The minimum atomic E-state index is -0.736.